The van der Waals surface area contributed by atoms with Gasteiger partial charge in [-0.1, -0.05) is 31.0 Å². The number of benzene rings is 1. The topological polar surface area (TPSA) is 15.3 Å². The number of hydrogen-bond acceptors (Lipinski definition) is 2. The molecule has 122 valence electrons. The van der Waals surface area contributed by atoms with Gasteiger partial charge in [-0.15, -0.1) is 0 Å². The Morgan fingerprint density at radius 3 is 2.32 bits per heavy atom. The van der Waals surface area contributed by atoms with Crippen LogP contribution in [0.25, 0.3) is 0 Å². The van der Waals surface area contributed by atoms with Crippen molar-refractivity contribution in [2.45, 2.75) is 37.9 Å². The van der Waals surface area contributed by atoms with E-state index in [0.717, 1.165) is 51.9 Å². The zero-order valence-corrected chi connectivity index (χ0v) is 12.7. The number of rotatable bonds is 3. The van der Waals surface area contributed by atoms with E-state index in [4.69, 9.17) is 0 Å². The summed E-state index contributed by atoms with van der Waals surface area (Å²) in [6.45, 7) is 3.37. The van der Waals surface area contributed by atoms with E-state index in [-0.39, 0.29) is 6.04 Å². The molecule has 2 nitrogen and oxygen atoms in total. The van der Waals surface area contributed by atoms with Crippen molar-refractivity contribution in [1.29, 1.82) is 0 Å². The molecule has 1 saturated heterocycles. The van der Waals surface area contributed by atoms with Crippen LogP contribution in [0, 0.1) is 5.92 Å². The summed E-state index contributed by atoms with van der Waals surface area (Å²) in [7, 11) is 0. The SMILES string of the molecule is FC(F)(F)c1ccccc1[C@H](C1CCCC1)N1CCNCC1. The molecule has 0 unspecified atom stereocenters. The van der Waals surface area contributed by atoms with Crippen LogP contribution in [0.4, 0.5) is 13.2 Å². The maximum atomic E-state index is 13.4. The molecule has 1 saturated carbocycles. The van der Waals surface area contributed by atoms with Crippen molar-refractivity contribution in [3.8, 4) is 0 Å². The zero-order chi connectivity index (χ0) is 15.6. The first-order valence-corrected chi connectivity index (χ1v) is 8.18. The Hall–Kier alpha value is -1.07. The number of halogens is 3. The molecule has 1 aliphatic carbocycles. The Labute approximate surface area is 129 Å². The Bertz CT molecular complexity index is 489. The predicted molar refractivity (Wildman–Crippen MR) is 80.6 cm³/mol. The number of alkyl halides is 3. The summed E-state index contributed by atoms with van der Waals surface area (Å²) in [5.74, 6) is 0.349. The third-order valence-electron chi connectivity index (χ3n) is 4.98. The van der Waals surface area contributed by atoms with Gasteiger partial charge in [0.15, 0.2) is 0 Å². The van der Waals surface area contributed by atoms with Crippen molar-refractivity contribution in [3.05, 3.63) is 35.4 Å². The molecule has 0 bridgehead atoms. The molecule has 3 rings (SSSR count). The van der Waals surface area contributed by atoms with Crippen LogP contribution in [-0.4, -0.2) is 31.1 Å². The highest BCUT2D eigenvalue weighted by atomic mass is 19.4. The maximum absolute atomic E-state index is 13.4. The van der Waals surface area contributed by atoms with Gasteiger partial charge in [0.05, 0.1) is 5.56 Å². The fourth-order valence-electron chi connectivity index (χ4n) is 4.00. The first-order valence-electron chi connectivity index (χ1n) is 8.18. The average molecular weight is 312 g/mol. The van der Waals surface area contributed by atoms with Gasteiger partial charge in [-0.2, -0.15) is 13.2 Å². The van der Waals surface area contributed by atoms with Gasteiger partial charge >= 0.3 is 6.18 Å². The van der Waals surface area contributed by atoms with E-state index in [1.54, 1.807) is 12.1 Å². The van der Waals surface area contributed by atoms with Gasteiger partial charge in [-0.3, -0.25) is 4.90 Å². The van der Waals surface area contributed by atoms with Crippen molar-refractivity contribution in [1.82, 2.24) is 10.2 Å². The maximum Gasteiger partial charge on any atom is 0.416 e. The lowest BCUT2D eigenvalue weighted by Gasteiger charge is -2.39. The highest BCUT2D eigenvalue weighted by Crippen LogP contribution is 2.44. The van der Waals surface area contributed by atoms with Crippen molar-refractivity contribution >= 4 is 0 Å². The first-order chi connectivity index (χ1) is 10.6. The summed E-state index contributed by atoms with van der Waals surface area (Å²) < 4.78 is 40.3. The van der Waals surface area contributed by atoms with Crippen molar-refractivity contribution in [2.75, 3.05) is 26.2 Å². The molecule has 5 heteroatoms. The molecule has 1 aromatic carbocycles. The van der Waals surface area contributed by atoms with E-state index >= 15 is 0 Å². The molecule has 2 fully saturated rings. The lowest BCUT2D eigenvalue weighted by molar-refractivity contribution is -0.139. The molecule has 0 aromatic heterocycles. The van der Waals surface area contributed by atoms with E-state index < -0.39 is 11.7 Å². The lowest BCUT2D eigenvalue weighted by atomic mass is 9.87. The molecule has 1 N–H and O–H groups in total. The van der Waals surface area contributed by atoms with Crippen LogP contribution in [-0.2, 0) is 6.18 Å². The predicted octanol–water partition coefficient (Wildman–Crippen LogP) is 3.84. The summed E-state index contributed by atoms with van der Waals surface area (Å²) in [4.78, 5) is 2.26. The molecule has 0 radical (unpaired) electrons. The number of nitrogens with zero attached hydrogens (tertiary/aromatic N) is 1. The van der Waals surface area contributed by atoms with Gasteiger partial charge in [0, 0.05) is 32.2 Å². The summed E-state index contributed by atoms with van der Waals surface area (Å²) >= 11 is 0. The zero-order valence-electron chi connectivity index (χ0n) is 12.7. The van der Waals surface area contributed by atoms with Gasteiger partial charge in [-0.05, 0) is 30.4 Å². The summed E-state index contributed by atoms with van der Waals surface area (Å²) in [5, 5.41) is 3.29. The monoisotopic (exact) mass is 312 g/mol. The first kappa shape index (κ1) is 15.8. The van der Waals surface area contributed by atoms with E-state index in [0.29, 0.717) is 11.5 Å². The molecule has 1 atom stereocenters. The molecular weight excluding hydrogens is 289 g/mol. The minimum absolute atomic E-state index is 0.0950. The van der Waals surface area contributed by atoms with Crippen LogP contribution < -0.4 is 5.32 Å². The molecule has 0 spiro atoms. The highest BCUT2D eigenvalue weighted by Gasteiger charge is 2.39. The number of hydrogen-bond donors (Lipinski definition) is 1. The Kier molecular flexibility index (Phi) is 4.73. The Balaban J connectivity index is 1.98. The molecule has 22 heavy (non-hydrogen) atoms. The van der Waals surface area contributed by atoms with Crippen LogP contribution in [0.3, 0.4) is 0 Å². The van der Waals surface area contributed by atoms with E-state index in [2.05, 4.69) is 10.2 Å². The van der Waals surface area contributed by atoms with Crippen molar-refractivity contribution in [3.63, 3.8) is 0 Å². The highest BCUT2D eigenvalue weighted by molar-refractivity contribution is 5.33. The minimum Gasteiger partial charge on any atom is -0.314 e. The minimum atomic E-state index is -4.28. The number of nitrogens with one attached hydrogen (secondary N) is 1. The Morgan fingerprint density at radius 1 is 1.05 bits per heavy atom. The summed E-state index contributed by atoms with van der Waals surface area (Å²) in [6, 6.07) is 6.07. The third kappa shape index (κ3) is 3.30. The third-order valence-corrected chi connectivity index (χ3v) is 4.98. The van der Waals surface area contributed by atoms with E-state index in [9.17, 15) is 13.2 Å². The van der Waals surface area contributed by atoms with Gasteiger partial charge in [-0.25, -0.2) is 0 Å². The van der Waals surface area contributed by atoms with Crippen LogP contribution in [0.1, 0.15) is 42.9 Å². The second kappa shape index (κ2) is 6.59. The Morgan fingerprint density at radius 2 is 1.68 bits per heavy atom. The molecule has 1 heterocycles. The van der Waals surface area contributed by atoms with Crippen LogP contribution in [0.5, 0.6) is 0 Å². The fraction of sp³-hybridized carbons (Fsp3) is 0.647. The summed E-state index contributed by atoms with van der Waals surface area (Å²) in [6.07, 6.45) is 0.0892. The molecule has 0 amide bonds. The van der Waals surface area contributed by atoms with Gasteiger partial charge < -0.3 is 5.32 Å². The fourth-order valence-corrected chi connectivity index (χ4v) is 4.00. The van der Waals surface area contributed by atoms with Crippen LogP contribution in [0.2, 0.25) is 0 Å². The van der Waals surface area contributed by atoms with E-state index in [1.165, 1.54) is 12.1 Å². The van der Waals surface area contributed by atoms with Crippen LogP contribution in [0.15, 0.2) is 24.3 Å². The van der Waals surface area contributed by atoms with Gasteiger partial charge in [0.25, 0.3) is 0 Å². The standard InChI is InChI=1S/C17H23F3N2/c18-17(19,20)15-8-4-3-7-14(15)16(13-5-1-2-6-13)22-11-9-21-10-12-22/h3-4,7-8,13,16,21H,1-2,5-6,9-12H2/t16-/m0/s1. The molecule has 1 aliphatic heterocycles. The summed E-state index contributed by atoms with van der Waals surface area (Å²) in [5.41, 5.74) is 0.0224. The number of piperazine rings is 1. The smallest absolute Gasteiger partial charge is 0.314 e. The van der Waals surface area contributed by atoms with Gasteiger partial charge in [0.1, 0.15) is 0 Å². The molecular formula is C17H23F3N2. The largest absolute Gasteiger partial charge is 0.416 e. The van der Waals surface area contributed by atoms with Crippen molar-refractivity contribution in [2.24, 2.45) is 5.92 Å². The van der Waals surface area contributed by atoms with Gasteiger partial charge in [0.2, 0.25) is 0 Å². The lowest BCUT2D eigenvalue weighted by Crippen LogP contribution is -2.47. The average Bonchev–Trinajstić information content (AvgIpc) is 3.02. The molecule has 1 aromatic rings. The normalized spacial score (nSPS) is 22.9. The van der Waals surface area contributed by atoms with Crippen LogP contribution >= 0.6 is 0 Å². The van der Waals surface area contributed by atoms with Crippen molar-refractivity contribution < 1.29 is 13.2 Å². The second-order valence-corrected chi connectivity index (χ2v) is 6.36. The second-order valence-electron chi connectivity index (χ2n) is 6.36. The molecule has 2 aliphatic rings. The van der Waals surface area contributed by atoms with E-state index in [1.807, 2.05) is 0 Å². The quantitative estimate of drug-likeness (QED) is 0.912.